The van der Waals surface area contributed by atoms with E-state index in [9.17, 15) is 9.59 Å². The Balaban J connectivity index is 1.32. The molecule has 3 aromatic rings. The van der Waals surface area contributed by atoms with Gasteiger partial charge in [-0.2, -0.15) is 0 Å². The summed E-state index contributed by atoms with van der Waals surface area (Å²) in [6.45, 7) is 7.58. The van der Waals surface area contributed by atoms with Crippen molar-refractivity contribution in [2.45, 2.75) is 52.9 Å². The SMILES string of the molecule is COc1ccccc1OCCNC(=O)CCc1nc2sc3c(c2c(=O)[nH]1)CC[C@H](C(C)(C)C)C3. The van der Waals surface area contributed by atoms with Crippen LogP contribution in [0, 0.1) is 11.3 Å². The number of H-pyrrole nitrogens is 1. The smallest absolute Gasteiger partial charge is 0.259 e. The predicted molar refractivity (Wildman–Crippen MR) is 135 cm³/mol. The fourth-order valence-electron chi connectivity index (χ4n) is 4.50. The van der Waals surface area contributed by atoms with Crippen molar-refractivity contribution in [2.75, 3.05) is 20.3 Å². The first kappa shape index (κ1) is 24.3. The molecule has 0 unspecified atom stereocenters. The van der Waals surface area contributed by atoms with Crippen molar-refractivity contribution >= 4 is 27.5 Å². The highest BCUT2D eigenvalue weighted by molar-refractivity contribution is 7.18. The molecule has 34 heavy (non-hydrogen) atoms. The number of nitrogens with one attached hydrogen (secondary N) is 2. The van der Waals surface area contributed by atoms with Gasteiger partial charge in [-0.25, -0.2) is 4.98 Å². The fraction of sp³-hybridized carbons (Fsp3) is 0.500. The van der Waals surface area contributed by atoms with E-state index in [1.165, 1.54) is 10.4 Å². The zero-order chi connectivity index (χ0) is 24.3. The highest BCUT2D eigenvalue weighted by atomic mass is 32.1. The first-order valence-corrected chi connectivity index (χ1v) is 12.6. The van der Waals surface area contributed by atoms with Gasteiger partial charge >= 0.3 is 0 Å². The summed E-state index contributed by atoms with van der Waals surface area (Å²) in [6.07, 6.45) is 3.68. The van der Waals surface area contributed by atoms with E-state index in [4.69, 9.17) is 14.5 Å². The van der Waals surface area contributed by atoms with Gasteiger partial charge in [-0.3, -0.25) is 9.59 Å². The second-order valence-corrected chi connectivity index (χ2v) is 10.9. The van der Waals surface area contributed by atoms with Gasteiger partial charge in [0.15, 0.2) is 11.5 Å². The van der Waals surface area contributed by atoms with Crippen LogP contribution in [-0.4, -0.2) is 36.1 Å². The van der Waals surface area contributed by atoms with Crippen molar-refractivity contribution in [2.24, 2.45) is 11.3 Å². The Labute approximate surface area is 203 Å². The second kappa shape index (κ2) is 10.2. The monoisotopic (exact) mass is 483 g/mol. The van der Waals surface area contributed by atoms with Crippen molar-refractivity contribution in [1.82, 2.24) is 15.3 Å². The van der Waals surface area contributed by atoms with Gasteiger partial charge in [-0.05, 0) is 48.3 Å². The number of fused-ring (bicyclic) bond motifs is 3. The number of carbonyl (C=O) groups is 1. The number of benzene rings is 1. The lowest BCUT2D eigenvalue weighted by molar-refractivity contribution is -0.121. The topological polar surface area (TPSA) is 93.3 Å². The average molecular weight is 484 g/mol. The van der Waals surface area contributed by atoms with E-state index in [0.717, 1.165) is 29.5 Å². The summed E-state index contributed by atoms with van der Waals surface area (Å²) in [4.78, 5) is 34.8. The van der Waals surface area contributed by atoms with E-state index in [0.29, 0.717) is 42.8 Å². The minimum absolute atomic E-state index is 0.0858. The van der Waals surface area contributed by atoms with E-state index in [-0.39, 0.29) is 23.3 Å². The predicted octanol–water partition coefficient (Wildman–Crippen LogP) is 4.27. The number of hydrogen-bond donors (Lipinski definition) is 2. The highest BCUT2D eigenvalue weighted by Gasteiger charge is 2.31. The number of methoxy groups -OCH3 is 1. The van der Waals surface area contributed by atoms with Crippen LogP contribution in [0.1, 0.15) is 49.9 Å². The number of aromatic nitrogens is 2. The maximum atomic E-state index is 12.8. The minimum atomic E-state index is -0.107. The Kier molecular flexibility index (Phi) is 7.26. The minimum Gasteiger partial charge on any atom is -0.493 e. The van der Waals surface area contributed by atoms with Crippen LogP contribution >= 0.6 is 11.3 Å². The standard InChI is InChI=1S/C26H33N3O4S/c1-26(2,3)16-9-10-17-20(15-16)34-25-23(17)24(31)28-21(29-25)11-12-22(30)27-13-14-33-19-8-6-5-7-18(19)32-4/h5-8,16H,9-15H2,1-4H3,(H,27,30)(H,28,29,31)/t16-/m0/s1. The van der Waals surface area contributed by atoms with Crippen molar-refractivity contribution in [1.29, 1.82) is 0 Å². The molecule has 1 aromatic carbocycles. The van der Waals surface area contributed by atoms with E-state index >= 15 is 0 Å². The second-order valence-electron chi connectivity index (χ2n) is 9.85. The zero-order valence-electron chi connectivity index (χ0n) is 20.3. The third-order valence-corrected chi connectivity index (χ3v) is 7.68. The van der Waals surface area contributed by atoms with Crippen LogP contribution in [0.15, 0.2) is 29.1 Å². The van der Waals surface area contributed by atoms with Crippen LogP contribution in [-0.2, 0) is 24.1 Å². The molecular formula is C26H33N3O4S. The Bertz CT molecular complexity index is 1220. The molecule has 1 atom stereocenters. The molecule has 8 heteroatoms. The van der Waals surface area contributed by atoms with Crippen LogP contribution in [0.2, 0.25) is 0 Å². The van der Waals surface area contributed by atoms with Crippen molar-refractivity contribution in [3.8, 4) is 11.5 Å². The summed E-state index contributed by atoms with van der Waals surface area (Å²) in [7, 11) is 1.59. The molecule has 1 amide bonds. The van der Waals surface area contributed by atoms with Gasteiger partial charge < -0.3 is 19.8 Å². The summed E-state index contributed by atoms with van der Waals surface area (Å²) in [5.41, 5.74) is 1.34. The molecule has 7 nitrogen and oxygen atoms in total. The number of carbonyl (C=O) groups excluding carboxylic acids is 1. The van der Waals surface area contributed by atoms with E-state index in [1.807, 2.05) is 24.3 Å². The fourth-order valence-corrected chi connectivity index (χ4v) is 5.81. The van der Waals surface area contributed by atoms with Gasteiger partial charge in [-0.15, -0.1) is 11.3 Å². The number of ether oxygens (including phenoxy) is 2. The number of hydrogen-bond acceptors (Lipinski definition) is 6. The largest absolute Gasteiger partial charge is 0.493 e. The van der Waals surface area contributed by atoms with Gasteiger partial charge in [0.2, 0.25) is 5.91 Å². The van der Waals surface area contributed by atoms with Crippen LogP contribution < -0.4 is 20.3 Å². The van der Waals surface area contributed by atoms with Crippen LogP contribution in [0.4, 0.5) is 0 Å². The molecule has 0 saturated carbocycles. The number of thiophene rings is 1. The maximum Gasteiger partial charge on any atom is 0.259 e. The first-order valence-electron chi connectivity index (χ1n) is 11.8. The quantitative estimate of drug-likeness (QED) is 0.467. The summed E-state index contributed by atoms with van der Waals surface area (Å²) >= 11 is 1.64. The lowest BCUT2D eigenvalue weighted by Gasteiger charge is -2.33. The molecule has 2 N–H and O–H groups in total. The van der Waals surface area contributed by atoms with E-state index in [2.05, 4.69) is 31.1 Å². The molecule has 2 aromatic heterocycles. The lowest BCUT2D eigenvalue weighted by atomic mass is 9.72. The molecule has 0 spiro atoms. The van der Waals surface area contributed by atoms with Crippen molar-refractivity contribution < 1.29 is 14.3 Å². The van der Waals surface area contributed by atoms with E-state index in [1.54, 1.807) is 18.4 Å². The molecule has 1 aliphatic carbocycles. The van der Waals surface area contributed by atoms with Gasteiger partial charge in [-0.1, -0.05) is 32.9 Å². The third kappa shape index (κ3) is 5.43. The number of rotatable bonds is 8. The number of amides is 1. The number of aryl methyl sites for hydroxylation is 2. The average Bonchev–Trinajstić information content (AvgIpc) is 3.18. The first-order chi connectivity index (χ1) is 16.3. The zero-order valence-corrected chi connectivity index (χ0v) is 21.1. The molecule has 0 radical (unpaired) electrons. The van der Waals surface area contributed by atoms with Gasteiger partial charge in [0, 0.05) is 17.7 Å². The number of nitrogens with zero attached hydrogens (tertiary/aromatic N) is 1. The molecule has 0 bridgehead atoms. The Morgan fingerprint density at radius 2 is 2.03 bits per heavy atom. The Morgan fingerprint density at radius 1 is 1.26 bits per heavy atom. The van der Waals surface area contributed by atoms with Crippen molar-refractivity contribution in [3.63, 3.8) is 0 Å². The molecule has 2 heterocycles. The lowest BCUT2D eigenvalue weighted by Crippen LogP contribution is -2.28. The third-order valence-electron chi connectivity index (χ3n) is 6.53. The molecular weight excluding hydrogens is 450 g/mol. The molecule has 0 fully saturated rings. The number of para-hydroxylation sites is 2. The van der Waals surface area contributed by atoms with Crippen LogP contribution in [0.5, 0.6) is 11.5 Å². The number of aromatic amines is 1. The highest BCUT2D eigenvalue weighted by Crippen LogP contribution is 2.42. The molecule has 0 saturated heterocycles. The maximum absolute atomic E-state index is 12.8. The van der Waals surface area contributed by atoms with Gasteiger partial charge in [0.1, 0.15) is 17.3 Å². The van der Waals surface area contributed by atoms with Crippen LogP contribution in [0.25, 0.3) is 10.2 Å². The van der Waals surface area contributed by atoms with Gasteiger partial charge in [0.25, 0.3) is 5.56 Å². The Morgan fingerprint density at radius 3 is 2.76 bits per heavy atom. The molecule has 4 rings (SSSR count). The van der Waals surface area contributed by atoms with E-state index < -0.39 is 0 Å². The summed E-state index contributed by atoms with van der Waals surface area (Å²) in [6, 6.07) is 7.39. The van der Waals surface area contributed by atoms with Crippen LogP contribution in [0.3, 0.4) is 0 Å². The molecule has 0 aliphatic heterocycles. The van der Waals surface area contributed by atoms with Gasteiger partial charge in [0.05, 0.1) is 19.0 Å². The normalized spacial score (nSPS) is 15.7. The molecule has 1 aliphatic rings. The molecule has 182 valence electrons. The summed E-state index contributed by atoms with van der Waals surface area (Å²) in [5.74, 6) is 2.36. The summed E-state index contributed by atoms with van der Waals surface area (Å²) < 4.78 is 10.9. The Hall–Kier alpha value is -2.87. The van der Waals surface area contributed by atoms with Crippen molar-refractivity contribution in [3.05, 3.63) is 50.9 Å². The summed E-state index contributed by atoms with van der Waals surface area (Å²) in [5, 5.41) is 3.59.